The minimum atomic E-state index is -0.333. The minimum absolute atomic E-state index is 0.333. The molecule has 2 unspecified atom stereocenters. The molecule has 4 nitrogen and oxygen atoms in total. The average Bonchev–Trinajstić information content (AvgIpc) is 2.70. The van der Waals surface area contributed by atoms with Crippen molar-refractivity contribution in [2.75, 3.05) is 46.3 Å². The second-order valence-electron chi connectivity index (χ2n) is 9.07. The first-order chi connectivity index (χ1) is 13.1. The molecule has 4 rings (SSSR count). The number of amides is 1. The van der Waals surface area contributed by atoms with Crippen LogP contribution in [0.25, 0.3) is 0 Å². The quantitative estimate of drug-likeness (QED) is 0.820. The molecule has 0 saturated carbocycles. The standard InChI is InChI=1S/C23H35N3O/c1-23(12-7-9-19-8-3-4-11-21(19)23)22(27)26-16-14-25(15-17-26)18-20-10-5-6-13-24(20)2/h3-4,8,11,20H,5-7,9-10,12-18H2,1-2H3. The molecule has 2 atom stereocenters. The largest absolute Gasteiger partial charge is 0.339 e. The van der Waals surface area contributed by atoms with Crippen molar-refractivity contribution < 1.29 is 4.79 Å². The number of benzene rings is 1. The number of likely N-dealkylation sites (tertiary alicyclic amines) is 1. The lowest BCUT2D eigenvalue weighted by Gasteiger charge is -2.43. The molecule has 2 heterocycles. The van der Waals surface area contributed by atoms with Gasteiger partial charge in [0.25, 0.3) is 0 Å². The second-order valence-corrected chi connectivity index (χ2v) is 9.07. The number of aryl methyl sites for hydroxylation is 1. The summed E-state index contributed by atoms with van der Waals surface area (Å²) in [5.41, 5.74) is 2.31. The third-order valence-corrected chi connectivity index (χ3v) is 7.26. The fourth-order valence-electron chi connectivity index (χ4n) is 5.42. The van der Waals surface area contributed by atoms with Crippen molar-refractivity contribution in [2.45, 2.75) is 56.9 Å². The van der Waals surface area contributed by atoms with Crippen molar-refractivity contribution in [1.29, 1.82) is 0 Å². The first-order valence-electron chi connectivity index (χ1n) is 10.9. The molecule has 0 spiro atoms. The van der Waals surface area contributed by atoms with E-state index in [4.69, 9.17) is 0 Å². The highest BCUT2D eigenvalue weighted by molar-refractivity contribution is 5.88. The molecule has 1 aromatic carbocycles. The van der Waals surface area contributed by atoms with Crippen LogP contribution in [0.5, 0.6) is 0 Å². The first kappa shape index (κ1) is 18.9. The van der Waals surface area contributed by atoms with Crippen LogP contribution in [0.2, 0.25) is 0 Å². The van der Waals surface area contributed by atoms with Crippen LogP contribution in [-0.4, -0.2) is 73.0 Å². The zero-order chi connectivity index (χ0) is 18.9. The van der Waals surface area contributed by atoms with Gasteiger partial charge < -0.3 is 9.80 Å². The van der Waals surface area contributed by atoms with Gasteiger partial charge in [0.1, 0.15) is 0 Å². The zero-order valence-corrected chi connectivity index (χ0v) is 17.1. The number of hydrogen-bond donors (Lipinski definition) is 0. The molecule has 0 aromatic heterocycles. The fourth-order valence-corrected chi connectivity index (χ4v) is 5.42. The molecule has 2 saturated heterocycles. The average molecular weight is 370 g/mol. The SMILES string of the molecule is CN1CCCCC1CN1CCN(C(=O)C2(C)CCCc3ccccc32)CC1. The van der Waals surface area contributed by atoms with Crippen LogP contribution in [0, 0.1) is 0 Å². The molecule has 1 aromatic rings. The van der Waals surface area contributed by atoms with E-state index in [1.807, 2.05) is 0 Å². The molecule has 1 aliphatic carbocycles. The van der Waals surface area contributed by atoms with Crippen LogP contribution in [0.1, 0.15) is 50.2 Å². The summed E-state index contributed by atoms with van der Waals surface area (Å²) < 4.78 is 0. The van der Waals surface area contributed by atoms with Crippen molar-refractivity contribution in [1.82, 2.24) is 14.7 Å². The fraction of sp³-hybridized carbons (Fsp3) is 0.696. The van der Waals surface area contributed by atoms with E-state index in [0.29, 0.717) is 11.9 Å². The van der Waals surface area contributed by atoms with Gasteiger partial charge in [-0.15, -0.1) is 0 Å². The molecular formula is C23H35N3O. The number of rotatable bonds is 3. The molecule has 0 radical (unpaired) electrons. The number of carbonyl (C=O) groups is 1. The lowest BCUT2D eigenvalue weighted by atomic mass is 9.70. The number of fused-ring (bicyclic) bond motifs is 1. The smallest absolute Gasteiger partial charge is 0.233 e. The second kappa shape index (κ2) is 7.92. The van der Waals surface area contributed by atoms with E-state index >= 15 is 0 Å². The predicted molar refractivity (Wildman–Crippen MR) is 110 cm³/mol. The van der Waals surface area contributed by atoms with Crippen LogP contribution in [-0.2, 0) is 16.6 Å². The highest BCUT2D eigenvalue weighted by Crippen LogP contribution is 2.38. The maximum atomic E-state index is 13.5. The summed E-state index contributed by atoms with van der Waals surface area (Å²) in [5, 5.41) is 0. The topological polar surface area (TPSA) is 26.8 Å². The van der Waals surface area contributed by atoms with Crippen LogP contribution < -0.4 is 0 Å². The summed E-state index contributed by atoms with van der Waals surface area (Å²) >= 11 is 0. The van der Waals surface area contributed by atoms with E-state index < -0.39 is 0 Å². The first-order valence-corrected chi connectivity index (χ1v) is 10.9. The Morgan fingerprint density at radius 1 is 1.07 bits per heavy atom. The van der Waals surface area contributed by atoms with Crippen molar-refractivity contribution >= 4 is 5.91 Å². The molecule has 27 heavy (non-hydrogen) atoms. The number of piperazine rings is 1. The number of carbonyl (C=O) groups excluding carboxylic acids is 1. The summed E-state index contributed by atoms with van der Waals surface area (Å²) in [6, 6.07) is 9.29. The van der Waals surface area contributed by atoms with Gasteiger partial charge in [0.15, 0.2) is 0 Å². The van der Waals surface area contributed by atoms with Crippen molar-refractivity contribution in [3.8, 4) is 0 Å². The molecule has 1 amide bonds. The number of piperidine rings is 1. The van der Waals surface area contributed by atoms with E-state index in [1.54, 1.807) is 0 Å². The number of hydrogen-bond acceptors (Lipinski definition) is 3. The Hall–Kier alpha value is -1.39. The van der Waals surface area contributed by atoms with Gasteiger partial charge in [-0.25, -0.2) is 0 Å². The van der Waals surface area contributed by atoms with Crippen LogP contribution in [0.15, 0.2) is 24.3 Å². The Balaban J connectivity index is 1.38. The Bertz CT molecular complexity index is 667. The maximum absolute atomic E-state index is 13.5. The molecule has 0 N–H and O–H groups in total. The summed E-state index contributed by atoms with van der Waals surface area (Å²) in [6.07, 6.45) is 7.25. The summed E-state index contributed by atoms with van der Waals surface area (Å²) in [5.74, 6) is 0.351. The van der Waals surface area contributed by atoms with Crippen LogP contribution in [0.3, 0.4) is 0 Å². The van der Waals surface area contributed by atoms with Crippen molar-refractivity contribution in [2.24, 2.45) is 0 Å². The molecule has 2 fully saturated rings. The molecule has 148 valence electrons. The van der Waals surface area contributed by atoms with Gasteiger partial charge in [0, 0.05) is 38.8 Å². The molecule has 0 bridgehead atoms. The third kappa shape index (κ3) is 3.79. The highest BCUT2D eigenvalue weighted by Gasteiger charge is 2.42. The normalized spacial score (nSPS) is 30.1. The minimum Gasteiger partial charge on any atom is -0.339 e. The lowest BCUT2D eigenvalue weighted by molar-refractivity contribution is -0.139. The highest BCUT2D eigenvalue weighted by atomic mass is 16.2. The summed E-state index contributed by atoms with van der Waals surface area (Å²) in [7, 11) is 2.27. The lowest BCUT2D eigenvalue weighted by Crippen LogP contribution is -2.56. The van der Waals surface area contributed by atoms with Gasteiger partial charge in [-0.05, 0) is 63.7 Å². The maximum Gasteiger partial charge on any atom is 0.233 e. The van der Waals surface area contributed by atoms with Gasteiger partial charge in [-0.1, -0.05) is 30.7 Å². The Morgan fingerprint density at radius 3 is 2.63 bits per heavy atom. The van der Waals surface area contributed by atoms with Crippen LogP contribution in [0.4, 0.5) is 0 Å². The molecular weight excluding hydrogens is 334 g/mol. The summed E-state index contributed by atoms with van der Waals surface area (Å²) in [4.78, 5) is 20.7. The Labute approximate surface area is 164 Å². The van der Waals surface area contributed by atoms with Gasteiger partial charge in [-0.2, -0.15) is 0 Å². The van der Waals surface area contributed by atoms with E-state index in [2.05, 4.69) is 52.9 Å². The van der Waals surface area contributed by atoms with Crippen molar-refractivity contribution in [3.63, 3.8) is 0 Å². The van der Waals surface area contributed by atoms with Gasteiger partial charge in [0.2, 0.25) is 5.91 Å². The summed E-state index contributed by atoms with van der Waals surface area (Å²) in [6.45, 7) is 8.39. The number of likely N-dealkylation sites (N-methyl/N-ethyl adjacent to an activating group) is 1. The molecule has 2 aliphatic heterocycles. The monoisotopic (exact) mass is 369 g/mol. The predicted octanol–water partition coefficient (Wildman–Crippen LogP) is 2.91. The van der Waals surface area contributed by atoms with Crippen LogP contribution >= 0.6 is 0 Å². The Kier molecular flexibility index (Phi) is 5.56. The van der Waals surface area contributed by atoms with E-state index in [0.717, 1.165) is 45.4 Å². The van der Waals surface area contributed by atoms with E-state index in [9.17, 15) is 4.79 Å². The van der Waals surface area contributed by atoms with E-state index in [1.165, 1.54) is 43.5 Å². The van der Waals surface area contributed by atoms with Gasteiger partial charge in [0.05, 0.1) is 5.41 Å². The third-order valence-electron chi connectivity index (χ3n) is 7.26. The van der Waals surface area contributed by atoms with E-state index in [-0.39, 0.29) is 5.41 Å². The Morgan fingerprint density at radius 2 is 1.85 bits per heavy atom. The molecule has 4 heteroatoms. The molecule has 3 aliphatic rings. The number of nitrogens with zero attached hydrogens (tertiary/aromatic N) is 3. The zero-order valence-electron chi connectivity index (χ0n) is 17.1. The van der Waals surface area contributed by atoms with Gasteiger partial charge in [-0.3, -0.25) is 9.69 Å². The van der Waals surface area contributed by atoms with Crippen molar-refractivity contribution in [3.05, 3.63) is 35.4 Å². The van der Waals surface area contributed by atoms with Gasteiger partial charge >= 0.3 is 0 Å².